The molecule has 2 saturated heterocycles. The van der Waals surface area contributed by atoms with E-state index >= 15 is 0 Å². The third kappa shape index (κ3) is 4.34. The van der Waals surface area contributed by atoms with Crippen LogP contribution in [0.5, 0.6) is 0 Å². The lowest BCUT2D eigenvalue weighted by Crippen LogP contribution is -2.55. The van der Waals surface area contributed by atoms with Gasteiger partial charge in [-0.05, 0) is 50.1 Å². The standard InChI is InChI=1S/C23H28ClN3O/c1-18-5-2-6-19(15-18)23(28)27-10-4-9-22(17-27)26-13-11-25(12-14-26)21-8-3-7-20(24)16-21/h2-3,5-8,15-16,22H,4,9-14,17H2,1H3/t22-/m1/s1. The van der Waals surface area contributed by atoms with Crippen LogP contribution in [0.4, 0.5) is 5.69 Å². The molecule has 2 aliphatic heterocycles. The van der Waals surface area contributed by atoms with Crippen LogP contribution >= 0.6 is 11.6 Å². The Labute approximate surface area is 172 Å². The van der Waals surface area contributed by atoms with Crippen LogP contribution in [0.25, 0.3) is 0 Å². The minimum absolute atomic E-state index is 0.172. The van der Waals surface area contributed by atoms with E-state index in [1.165, 1.54) is 12.1 Å². The van der Waals surface area contributed by atoms with Gasteiger partial charge in [-0.3, -0.25) is 9.69 Å². The van der Waals surface area contributed by atoms with Crippen molar-refractivity contribution in [3.63, 3.8) is 0 Å². The van der Waals surface area contributed by atoms with Gasteiger partial charge in [-0.1, -0.05) is 35.4 Å². The van der Waals surface area contributed by atoms with Crippen molar-refractivity contribution in [2.45, 2.75) is 25.8 Å². The quantitative estimate of drug-likeness (QED) is 0.780. The molecule has 0 saturated carbocycles. The van der Waals surface area contributed by atoms with Crippen LogP contribution in [0.3, 0.4) is 0 Å². The third-order valence-electron chi connectivity index (χ3n) is 5.95. The van der Waals surface area contributed by atoms with E-state index in [4.69, 9.17) is 11.6 Å². The summed E-state index contributed by atoms with van der Waals surface area (Å²) in [4.78, 5) is 20.0. The fraction of sp³-hybridized carbons (Fsp3) is 0.435. The Hall–Kier alpha value is -2.04. The molecule has 4 rings (SSSR count). The number of anilines is 1. The fourth-order valence-electron chi connectivity index (χ4n) is 4.42. The molecule has 4 nitrogen and oxygen atoms in total. The number of amides is 1. The zero-order valence-electron chi connectivity index (χ0n) is 16.5. The van der Waals surface area contributed by atoms with Crippen molar-refractivity contribution in [3.8, 4) is 0 Å². The van der Waals surface area contributed by atoms with Crippen LogP contribution in [-0.2, 0) is 0 Å². The number of benzene rings is 2. The summed E-state index contributed by atoms with van der Waals surface area (Å²) in [5, 5.41) is 0.789. The van der Waals surface area contributed by atoms with E-state index in [9.17, 15) is 4.79 Å². The van der Waals surface area contributed by atoms with Gasteiger partial charge in [0.1, 0.15) is 0 Å². The van der Waals surface area contributed by atoms with Gasteiger partial charge in [0.2, 0.25) is 0 Å². The summed E-state index contributed by atoms with van der Waals surface area (Å²) < 4.78 is 0. The Kier molecular flexibility index (Phi) is 5.88. The predicted octanol–water partition coefficient (Wildman–Crippen LogP) is 4.08. The number of hydrogen-bond donors (Lipinski definition) is 0. The van der Waals surface area contributed by atoms with Crippen LogP contribution in [0.1, 0.15) is 28.8 Å². The Bertz CT molecular complexity index is 832. The van der Waals surface area contributed by atoms with E-state index in [0.717, 1.165) is 61.8 Å². The highest BCUT2D eigenvalue weighted by atomic mass is 35.5. The summed E-state index contributed by atoms with van der Waals surface area (Å²) in [5.41, 5.74) is 3.15. The van der Waals surface area contributed by atoms with Crippen molar-refractivity contribution in [1.29, 1.82) is 0 Å². The van der Waals surface area contributed by atoms with Crippen molar-refractivity contribution in [3.05, 3.63) is 64.7 Å². The van der Waals surface area contributed by atoms with Crippen LogP contribution in [-0.4, -0.2) is 61.0 Å². The summed E-state index contributed by atoms with van der Waals surface area (Å²) in [6.45, 7) is 7.81. The molecule has 0 bridgehead atoms. The second-order valence-electron chi connectivity index (χ2n) is 7.92. The highest BCUT2D eigenvalue weighted by Gasteiger charge is 2.30. The van der Waals surface area contributed by atoms with Crippen LogP contribution in [0.15, 0.2) is 48.5 Å². The molecule has 2 heterocycles. The fourth-order valence-corrected chi connectivity index (χ4v) is 4.60. The molecular weight excluding hydrogens is 370 g/mol. The summed E-state index contributed by atoms with van der Waals surface area (Å²) in [6, 6.07) is 16.5. The van der Waals surface area contributed by atoms with Gasteiger partial charge in [0.25, 0.3) is 5.91 Å². The number of carbonyl (C=O) groups excluding carboxylic acids is 1. The number of piperazine rings is 1. The largest absolute Gasteiger partial charge is 0.369 e. The first-order valence-corrected chi connectivity index (χ1v) is 10.6. The maximum atomic E-state index is 12.9. The minimum Gasteiger partial charge on any atom is -0.369 e. The molecule has 0 spiro atoms. The molecular formula is C23H28ClN3O. The van der Waals surface area contributed by atoms with Crippen molar-refractivity contribution in [2.75, 3.05) is 44.2 Å². The summed E-state index contributed by atoms with van der Waals surface area (Å²) in [5.74, 6) is 0.172. The maximum absolute atomic E-state index is 12.9. The minimum atomic E-state index is 0.172. The molecule has 2 aromatic rings. The van der Waals surface area contributed by atoms with Crippen molar-refractivity contribution in [2.24, 2.45) is 0 Å². The number of nitrogens with zero attached hydrogens (tertiary/aromatic N) is 3. The smallest absolute Gasteiger partial charge is 0.253 e. The molecule has 28 heavy (non-hydrogen) atoms. The maximum Gasteiger partial charge on any atom is 0.253 e. The Morgan fingerprint density at radius 3 is 2.54 bits per heavy atom. The molecule has 0 unspecified atom stereocenters. The van der Waals surface area contributed by atoms with Crippen molar-refractivity contribution < 1.29 is 4.79 Å². The number of carbonyl (C=O) groups is 1. The van der Waals surface area contributed by atoms with Gasteiger partial charge in [0, 0.05) is 61.6 Å². The van der Waals surface area contributed by atoms with E-state index in [1.807, 2.05) is 54.3 Å². The number of piperidine rings is 1. The van der Waals surface area contributed by atoms with Crippen molar-refractivity contribution in [1.82, 2.24) is 9.80 Å². The molecule has 148 valence electrons. The van der Waals surface area contributed by atoms with Gasteiger partial charge in [0.05, 0.1) is 0 Å². The van der Waals surface area contributed by atoms with Crippen LogP contribution in [0.2, 0.25) is 5.02 Å². The molecule has 5 heteroatoms. The van der Waals surface area contributed by atoms with Gasteiger partial charge in [-0.15, -0.1) is 0 Å². The highest BCUT2D eigenvalue weighted by Crippen LogP contribution is 2.24. The lowest BCUT2D eigenvalue weighted by atomic mass is 10.0. The lowest BCUT2D eigenvalue weighted by molar-refractivity contribution is 0.0563. The zero-order valence-corrected chi connectivity index (χ0v) is 17.2. The molecule has 2 aliphatic rings. The normalized spacial score (nSPS) is 21.0. The number of halogens is 1. The highest BCUT2D eigenvalue weighted by molar-refractivity contribution is 6.30. The molecule has 1 atom stereocenters. The first-order valence-electron chi connectivity index (χ1n) is 10.2. The van der Waals surface area contributed by atoms with E-state index in [1.54, 1.807) is 0 Å². The predicted molar refractivity (Wildman–Crippen MR) is 115 cm³/mol. The number of likely N-dealkylation sites (tertiary alicyclic amines) is 1. The molecule has 0 radical (unpaired) electrons. The average Bonchev–Trinajstić information content (AvgIpc) is 2.73. The molecule has 2 fully saturated rings. The van der Waals surface area contributed by atoms with Gasteiger partial charge < -0.3 is 9.80 Å². The summed E-state index contributed by atoms with van der Waals surface area (Å²) in [6.07, 6.45) is 2.26. The SMILES string of the molecule is Cc1cccc(C(=O)N2CCC[C@@H](N3CCN(c4cccc(Cl)c4)CC3)C2)c1. The Morgan fingerprint density at radius 1 is 1.00 bits per heavy atom. The van der Waals surface area contributed by atoms with Crippen LogP contribution < -0.4 is 4.90 Å². The number of rotatable bonds is 3. The first-order chi connectivity index (χ1) is 13.6. The first kappa shape index (κ1) is 19.3. The van der Waals surface area contributed by atoms with E-state index in [0.29, 0.717) is 6.04 Å². The monoisotopic (exact) mass is 397 g/mol. The topological polar surface area (TPSA) is 26.8 Å². The van der Waals surface area contributed by atoms with Crippen molar-refractivity contribution >= 4 is 23.2 Å². The van der Waals surface area contributed by atoms with Gasteiger partial charge in [-0.2, -0.15) is 0 Å². The molecule has 1 amide bonds. The molecule has 0 aliphatic carbocycles. The molecule has 0 N–H and O–H groups in total. The van der Waals surface area contributed by atoms with E-state index in [2.05, 4.69) is 15.9 Å². The van der Waals surface area contributed by atoms with Gasteiger partial charge >= 0.3 is 0 Å². The van der Waals surface area contributed by atoms with Gasteiger partial charge in [0.15, 0.2) is 0 Å². The molecule has 2 aromatic carbocycles. The summed E-state index contributed by atoms with van der Waals surface area (Å²) in [7, 11) is 0. The number of hydrogen-bond acceptors (Lipinski definition) is 3. The van der Waals surface area contributed by atoms with Gasteiger partial charge in [-0.25, -0.2) is 0 Å². The summed E-state index contributed by atoms with van der Waals surface area (Å²) >= 11 is 6.15. The Morgan fingerprint density at radius 2 is 1.79 bits per heavy atom. The third-order valence-corrected chi connectivity index (χ3v) is 6.19. The lowest BCUT2D eigenvalue weighted by Gasteiger charge is -2.44. The van der Waals surface area contributed by atoms with Crippen LogP contribution in [0, 0.1) is 6.92 Å². The average molecular weight is 398 g/mol. The van der Waals surface area contributed by atoms with E-state index < -0.39 is 0 Å². The zero-order chi connectivity index (χ0) is 19.5. The number of aryl methyl sites for hydroxylation is 1. The second kappa shape index (κ2) is 8.54. The Balaban J connectivity index is 1.36. The van der Waals surface area contributed by atoms with E-state index in [-0.39, 0.29) is 5.91 Å². The second-order valence-corrected chi connectivity index (χ2v) is 8.36. The molecule has 0 aromatic heterocycles.